The molecule has 70 valence electrons. The van der Waals surface area contributed by atoms with E-state index >= 15 is 0 Å². The smallest absolute Gasteiger partial charge is 0.256 e. The number of carbonyl (C=O) groups excluding carboxylic acids is 2. The number of halogens is 2. The van der Waals surface area contributed by atoms with Crippen LogP contribution in [0.25, 0.3) is 0 Å². The van der Waals surface area contributed by atoms with Gasteiger partial charge in [0.2, 0.25) is 0 Å². The van der Waals surface area contributed by atoms with Crippen molar-refractivity contribution in [2.24, 2.45) is 0 Å². The van der Waals surface area contributed by atoms with E-state index in [1.807, 2.05) is 0 Å². The van der Waals surface area contributed by atoms with Gasteiger partial charge in [0.25, 0.3) is 5.24 Å². The molecule has 3 nitrogen and oxygen atoms in total. The van der Waals surface area contributed by atoms with E-state index in [4.69, 9.17) is 16.9 Å². The molecular formula is C9H3ClFNO2. The zero-order chi connectivity index (χ0) is 10.7. The van der Waals surface area contributed by atoms with Crippen molar-refractivity contribution in [1.29, 1.82) is 5.26 Å². The Morgan fingerprint density at radius 2 is 2.21 bits per heavy atom. The first-order chi connectivity index (χ1) is 6.61. The van der Waals surface area contributed by atoms with Gasteiger partial charge in [-0.2, -0.15) is 5.26 Å². The second-order valence-corrected chi connectivity index (χ2v) is 2.74. The van der Waals surface area contributed by atoms with Gasteiger partial charge >= 0.3 is 0 Å². The molecule has 0 fully saturated rings. The molecule has 0 atom stereocenters. The molecule has 0 aliphatic carbocycles. The maximum absolute atomic E-state index is 13.3. The van der Waals surface area contributed by atoms with Gasteiger partial charge in [0.1, 0.15) is 6.07 Å². The summed E-state index contributed by atoms with van der Waals surface area (Å²) in [6.07, 6.45) is 0.305. The molecule has 0 saturated heterocycles. The Morgan fingerprint density at radius 1 is 1.57 bits per heavy atom. The first-order valence-corrected chi connectivity index (χ1v) is 3.87. The van der Waals surface area contributed by atoms with E-state index in [0.29, 0.717) is 6.29 Å². The third kappa shape index (κ3) is 1.63. The van der Waals surface area contributed by atoms with Gasteiger partial charge in [-0.1, -0.05) is 0 Å². The fourth-order valence-electron chi connectivity index (χ4n) is 0.975. The van der Waals surface area contributed by atoms with Crippen molar-refractivity contribution in [2.75, 3.05) is 0 Å². The average molecular weight is 212 g/mol. The molecule has 0 bridgehead atoms. The third-order valence-corrected chi connectivity index (χ3v) is 1.81. The van der Waals surface area contributed by atoms with Crippen LogP contribution in [0.1, 0.15) is 26.3 Å². The summed E-state index contributed by atoms with van der Waals surface area (Å²) in [7, 11) is 0. The van der Waals surface area contributed by atoms with Crippen LogP contribution in [0.15, 0.2) is 12.1 Å². The second-order valence-electron chi connectivity index (χ2n) is 2.39. The van der Waals surface area contributed by atoms with Crippen LogP contribution in [-0.2, 0) is 0 Å². The highest BCUT2D eigenvalue weighted by Crippen LogP contribution is 2.18. The van der Waals surface area contributed by atoms with E-state index in [2.05, 4.69) is 0 Å². The molecule has 0 N–H and O–H groups in total. The number of hydrogen-bond acceptors (Lipinski definition) is 3. The van der Waals surface area contributed by atoms with E-state index in [-0.39, 0.29) is 11.1 Å². The van der Waals surface area contributed by atoms with Crippen LogP contribution in [0.5, 0.6) is 0 Å². The summed E-state index contributed by atoms with van der Waals surface area (Å²) in [4.78, 5) is 21.2. The van der Waals surface area contributed by atoms with Gasteiger partial charge in [-0.05, 0) is 23.7 Å². The van der Waals surface area contributed by atoms with Crippen molar-refractivity contribution in [1.82, 2.24) is 0 Å². The van der Waals surface area contributed by atoms with Crippen LogP contribution in [0.3, 0.4) is 0 Å². The van der Waals surface area contributed by atoms with Crippen LogP contribution >= 0.6 is 11.6 Å². The fraction of sp³-hybridized carbons (Fsp3) is 0. The minimum Gasteiger partial charge on any atom is -0.298 e. The lowest BCUT2D eigenvalue weighted by molar-refractivity contribution is 0.106. The van der Waals surface area contributed by atoms with Crippen LogP contribution in [0, 0.1) is 17.1 Å². The molecule has 1 aromatic rings. The van der Waals surface area contributed by atoms with Gasteiger partial charge in [-0.15, -0.1) is 0 Å². The van der Waals surface area contributed by atoms with E-state index < -0.39 is 16.6 Å². The summed E-state index contributed by atoms with van der Waals surface area (Å²) in [5.41, 5.74) is -1.04. The molecule has 1 aromatic carbocycles. The minimum atomic E-state index is -1.10. The molecule has 14 heavy (non-hydrogen) atoms. The Kier molecular flexibility index (Phi) is 2.95. The zero-order valence-electron chi connectivity index (χ0n) is 6.75. The van der Waals surface area contributed by atoms with Crippen molar-refractivity contribution < 1.29 is 14.0 Å². The Labute approximate surface area is 83.7 Å². The van der Waals surface area contributed by atoms with E-state index in [0.717, 1.165) is 6.07 Å². The summed E-state index contributed by atoms with van der Waals surface area (Å²) in [5.74, 6) is -1.06. The van der Waals surface area contributed by atoms with E-state index in [9.17, 15) is 14.0 Å². The summed E-state index contributed by atoms with van der Waals surface area (Å²) in [6, 6.07) is 3.82. The average Bonchev–Trinajstić information content (AvgIpc) is 2.16. The molecule has 5 heteroatoms. The highest BCUT2D eigenvalue weighted by atomic mass is 35.5. The molecule has 0 aliphatic rings. The Hall–Kier alpha value is -1.73. The molecule has 0 heterocycles. The standard InChI is InChI=1S/C9H3ClFNO2/c10-9(14)7-6(4-13)2-1-5(3-12)8(7)11/h1-2,4H. The molecule has 0 radical (unpaired) electrons. The van der Waals surface area contributed by atoms with Crippen molar-refractivity contribution >= 4 is 23.1 Å². The van der Waals surface area contributed by atoms with Crippen molar-refractivity contribution in [3.63, 3.8) is 0 Å². The van der Waals surface area contributed by atoms with Gasteiger partial charge in [-0.25, -0.2) is 4.39 Å². The van der Waals surface area contributed by atoms with E-state index in [1.165, 1.54) is 6.07 Å². The lowest BCUT2D eigenvalue weighted by Crippen LogP contribution is -2.03. The molecule has 0 spiro atoms. The third-order valence-electron chi connectivity index (χ3n) is 1.62. The zero-order valence-corrected chi connectivity index (χ0v) is 7.51. The van der Waals surface area contributed by atoms with Crippen molar-refractivity contribution in [3.05, 3.63) is 34.6 Å². The van der Waals surface area contributed by atoms with Crippen LogP contribution in [-0.4, -0.2) is 11.5 Å². The molecule has 0 aromatic heterocycles. The normalized spacial score (nSPS) is 9.21. The summed E-state index contributed by atoms with van der Waals surface area (Å²) >= 11 is 5.07. The highest BCUT2D eigenvalue weighted by Gasteiger charge is 2.17. The van der Waals surface area contributed by atoms with Crippen LogP contribution in [0.2, 0.25) is 0 Å². The number of nitrogens with zero attached hydrogens (tertiary/aromatic N) is 1. The highest BCUT2D eigenvalue weighted by molar-refractivity contribution is 6.68. The lowest BCUT2D eigenvalue weighted by atomic mass is 10.1. The molecule has 0 saturated carbocycles. The van der Waals surface area contributed by atoms with Crippen LogP contribution in [0.4, 0.5) is 4.39 Å². The first kappa shape index (κ1) is 10.4. The monoisotopic (exact) mass is 211 g/mol. The van der Waals surface area contributed by atoms with E-state index in [1.54, 1.807) is 6.07 Å². The lowest BCUT2D eigenvalue weighted by Gasteiger charge is -2.01. The topological polar surface area (TPSA) is 57.9 Å². The summed E-state index contributed by atoms with van der Waals surface area (Å²) in [5, 5.41) is 7.36. The number of benzene rings is 1. The summed E-state index contributed by atoms with van der Waals surface area (Å²) < 4.78 is 13.3. The molecule has 0 unspecified atom stereocenters. The largest absolute Gasteiger partial charge is 0.298 e. The number of aldehydes is 1. The van der Waals surface area contributed by atoms with Gasteiger partial charge < -0.3 is 0 Å². The number of carbonyl (C=O) groups is 2. The predicted octanol–water partition coefficient (Wildman–Crippen LogP) is 1.89. The Bertz CT molecular complexity index is 451. The van der Waals surface area contributed by atoms with Gasteiger partial charge in [-0.3, -0.25) is 9.59 Å². The molecule has 0 amide bonds. The Morgan fingerprint density at radius 3 is 2.64 bits per heavy atom. The SMILES string of the molecule is N#Cc1ccc(C=O)c(C(=O)Cl)c1F. The fourth-order valence-corrected chi connectivity index (χ4v) is 1.17. The van der Waals surface area contributed by atoms with Crippen LogP contribution < -0.4 is 0 Å². The number of rotatable bonds is 2. The number of nitriles is 1. The predicted molar refractivity (Wildman–Crippen MR) is 46.7 cm³/mol. The van der Waals surface area contributed by atoms with Gasteiger partial charge in [0.15, 0.2) is 12.1 Å². The molecular weight excluding hydrogens is 209 g/mol. The second kappa shape index (κ2) is 3.99. The molecule has 0 aliphatic heterocycles. The molecule has 1 rings (SSSR count). The summed E-state index contributed by atoms with van der Waals surface area (Å²) in [6.45, 7) is 0. The minimum absolute atomic E-state index is 0.165. The maximum Gasteiger partial charge on any atom is 0.256 e. The van der Waals surface area contributed by atoms with Crippen molar-refractivity contribution in [2.45, 2.75) is 0 Å². The number of hydrogen-bond donors (Lipinski definition) is 0. The van der Waals surface area contributed by atoms with Gasteiger partial charge in [0.05, 0.1) is 11.1 Å². The van der Waals surface area contributed by atoms with Crippen molar-refractivity contribution in [3.8, 4) is 6.07 Å². The van der Waals surface area contributed by atoms with Gasteiger partial charge in [0, 0.05) is 5.56 Å². The maximum atomic E-state index is 13.3. The quantitative estimate of drug-likeness (QED) is 0.554. The Balaban J connectivity index is 3.56. The first-order valence-electron chi connectivity index (χ1n) is 3.49.